The van der Waals surface area contributed by atoms with Crippen LogP contribution in [0.4, 0.5) is 0 Å². The maximum atomic E-state index is 12.7. The van der Waals surface area contributed by atoms with Gasteiger partial charge in [-0.1, -0.05) is 169 Å². The first-order valence-electron chi connectivity index (χ1n) is 24.0. The van der Waals surface area contributed by atoms with Gasteiger partial charge in [-0.05, 0) is 83.5 Å². The molecule has 0 saturated heterocycles. The van der Waals surface area contributed by atoms with Crippen LogP contribution in [0.5, 0.6) is 0 Å². The van der Waals surface area contributed by atoms with Crippen LogP contribution in [0.2, 0.25) is 0 Å². The smallest absolute Gasteiger partial charge is 0.462 e. The molecule has 10 heteroatoms. The highest BCUT2D eigenvalue weighted by Gasteiger charge is 2.27. The molecule has 0 heterocycles. The van der Waals surface area contributed by atoms with E-state index in [1.165, 1.54) is 57.8 Å². The van der Waals surface area contributed by atoms with Crippen molar-refractivity contribution in [3.05, 3.63) is 97.2 Å². The van der Waals surface area contributed by atoms with Crippen molar-refractivity contribution in [1.29, 1.82) is 0 Å². The summed E-state index contributed by atoms with van der Waals surface area (Å²) in [7, 11) is 1.41. The summed E-state index contributed by atoms with van der Waals surface area (Å²) in [5, 5.41) is 0. The predicted octanol–water partition coefficient (Wildman–Crippen LogP) is 14.1. The van der Waals surface area contributed by atoms with Crippen molar-refractivity contribution in [2.75, 3.05) is 47.5 Å². The highest BCUT2D eigenvalue weighted by atomic mass is 31.2. The molecule has 0 aromatic carbocycles. The van der Waals surface area contributed by atoms with Gasteiger partial charge in [0.2, 0.25) is 0 Å². The van der Waals surface area contributed by atoms with Gasteiger partial charge in [-0.25, -0.2) is 4.57 Å². The highest BCUT2D eigenvalue weighted by molar-refractivity contribution is 7.47. The van der Waals surface area contributed by atoms with Crippen molar-refractivity contribution in [2.24, 2.45) is 0 Å². The lowest BCUT2D eigenvalue weighted by molar-refractivity contribution is -0.870. The molecule has 0 aliphatic carbocycles. The third-order valence-corrected chi connectivity index (χ3v) is 10.6. The molecule has 62 heavy (non-hydrogen) atoms. The van der Waals surface area contributed by atoms with Gasteiger partial charge in [-0.2, -0.15) is 0 Å². The largest absolute Gasteiger partial charge is 0.472 e. The fourth-order valence-corrected chi connectivity index (χ4v) is 6.63. The lowest BCUT2D eigenvalue weighted by atomic mass is 10.1. The van der Waals surface area contributed by atoms with Crippen LogP contribution in [-0.4, -0.2) is 74.9 Å². The van der Waals surface area contributed by atoms with Crippen LogP contribution >= 0.6 is 7.82 Å². The minimum Gasteiger partial charge on any atom is -0.462 e. The minimum absolute atomic E-state index is 0.0122. The van der Waals surface area contributed by atoms with E-state index in [0.29, 0.717) is 17.4 Å². The Bertz CT molecular complexity index is 1370. The number of carbonyl (C=O) groups is 2. The van der Waals surface area contributed by atoms with Gasteiger partial charge in [0.1, 0.15) is 19.8 Å². The number of likely N-dealkylation sites (N-methyl/N-ethyl adjacent to an activating group) is 1. The zero-order valence-corrected chi connectivity index (χ0v) is 40.7. The third-order valence-electron chi connectivity index (χ3n) is 9.61. The molecule has 0 aromatic rings. The maximum Gasteiger partial charge on any atom is 0.472 e. The molecule has 0 fully saturated rings. The molecular formula is C52H89NO8P+. The van der Waals surface area contributed by atoms with Crippen molar-refractivity contribution in [3.8, 4) is 0 Å². The Balaban J connectivity index is 4.44. The number of unbranched alkanes of at least 4 members (excludes halogenated alkanes) is 12. The van der Waals surface area contributed by atoms with E-state index in [1.807, 2.05) is 33.3 Å². The molecule has 0 bridgehead atoms. The number of hydrogen-bond donors (Lipinski definition) is 1. The van der Waals surface area contributed by atoms with Gasteiger partial charge >= 0.3 is 19.8 Å². The van der Waals surface area contributed by atoms with Crippen LogP contribution in [0.25, 0.3) is 0 Å². The van der Waals surface area contributed by atoms with Gasteiger partial charge in [-0.3, -0.25) is 18.6 Å². The molecule has 0 rings (SSSR count). The molecule has 0 aliphatic rings. The summed E-state index contributed by atoms with van der Waals surface area (Å²) in [6.45, 7) is 4.18. The second-order valence-corrected chi connectivity index (χ2v) is 18.2. The van der Waals surface area contributed by atoms with E-state index in [1.54, 1.807) is 0 Å². The second-order valence-electron chi connectivity index (χ2n) is 16.8. The molecule has 0 radical (unpaired) electrons. The quantitative estimate of drug-likeness (QED) is 0.0212. The summed E-state index contributed by atoms with van der Waals surface area (Å²) in [6, 6.07) is 0. The summed E-state index contributed by atoms with van der Waals surface area (Å²) in [6.07, 6.45) is 57.6. The lowest BCUT2D eigenvalue weighted by Crippen LogP contribution is -2.37. The topological polar surface area (TPSA) is 108 Å². The van der Waals surface area contributed by atoms with Crippen molar-refractivity contribution >= 4 is 19.8 Å². The molecule has 0 saturated carbocycles. The van der Waals surface area contributed by atoms with E-state index < -0.39 is 32.5 Å². The van der Waals surface area contributed by atoms with Gasteiger partial charge in [0, 0.05) is 12.8 Å². The number of allylic oxidation sites excluding steroid dienone is 16. The normalized spacial score (nSPS) is 14.4. The van der Waals surface area contributed by atoms with Gasteiger partial charge in [0.25, 0.3) is 0 Å². The molecule has 354 valence electrons. The number of esters is 2. The van der Waals surface area contributed by atoms with E-state index in [0.717, 1.165) is 77.0 Å². The van der Waals surface area contributed by atoms with Crippen molar-refractivity contribution in [2.45, 2.75) is 174 Å². The number of phosphoric ester groups is 1. The van der Waals surface area contributed by atoms with Crippen LogP contribution in [0, 0.1) is 0 Å². The van der Waals surface area contributed by atoms with E-state index in [-0.39, 0.29) is 26.1 Å². The maximum absolute atomic E-state index is 12.7. The molecular weight excluding hydrogens is 798 g/mol. The highest BCUT2D eigenvalue weighted by Crippen LogP contribution is 2.43. The SMILES string of the molecule is CC/C=C\C/C=C\C/C=C\C/C=C\C/C=C\C/C=C\CCC(=O)O[C@H](COC(=O)CCCCCCCCCCC/C=C\C/C=C\CCCCC)COP(=O)(O)OCC[N+](C)(C)C. The zero-order valence-electron chi connectivity index (χ0n) is 39.8. The van der Waals surface area contributed by atoms with Crippen molar-refractivity contribution < 1.29 is 42.1 Å². The third kappa shape index (κ3) is 46.4. The standard InChI is InChI=1S/C52H88NO8P/c1-6-8-10-12-14-16-18-20-22-24-26-28-30-32-34-36-38-40-42-44-51(54)58-48-50(49-60-62(56,57)59-47-46-53(3,4)5)61-52(55)45-43-41-39-37-35-33-31-29-27-25-23-21-19-17-15-13-11-9-7-2/h9,11,14-17,20-23,27,29,33,35,39,41,50H,6-8,10,12-13,18-19,24-26,28,30-32,34,36-38,40,42-49H2,1-5H3/p+1/b11-9-,16-14-,17-15-,22-20-,23-21-,29-27-,35-33-,41-39-/t50-/m1/s1. The summed E-state index contributed by atoms with van der Waals surface area (Å²) in [5.41, 5.74) is 0. The van der Waals surface area contributed by atoms with Crippen LogP contribution in [0.3, 0.4) is 0 Å². The Morgan fingerprint density at radius 2 is 0.952 bits per heavy atom. The van der Waals surface area contributed by atoms with Gasteiger partial charge in [0.15, 0.2) is 6.10 Å². The number of ether oxygens (including phenoxy) is 2. The average Bonchev–Trinajstić information content (AvgIpc) is 3.23. The number of phosphoric acid groups is 1. The Kier molecular flexibility index (Phi) is 41.1. The molecule has 1 N–H and O–H groups in total. The number of carbonyl (C=O) groups excluding carboxylic acids is 2. The number of quaternary nitrogens is 1. The molecule has 0 aromatic heterocycles. The minimum atomic E-state index is -4.41. The molecule has 2 atom stereocenters. The van der Waals surface area contributed by atoms with Crippen molar-refractivity contribution in [1.82, 2.24) is 0 Å². The summed E-state index contributed by atoms with van der Waals surface area (Å²) >= 11 is 0. The molecule has 0 aliphatic heterocycles. The van der Waals surface area contributed by atoms with Crippen LogP contribution < -0.4 is 0 Å². The van der Waals surface area contributed by atoms with Crippen LogP contribution in [0.1, 0.15) is 168 Å². The van der Waals surface area contributed by atoms with Crippen LogP contribution in [0.15, 0.2) is 97.2 Å². The fourth-order valence-electron chi connectivity index (χ4n) is 5.89. The molecule has 0 spiro atoms. The number of hydrogen-bond acceptors (Lipinski definition) is 7. The Labute approximate surface area is 379 Å². The number of rotatable bonds is 42. The first kappa shape index (κ1) is 58.9. The predicted molar refractivity (Wildman–Crippen MR) is 261 cm³/mol. The summed E-state index contributed by atoms with van der Waals surface area (Å²) in [5.74, 6) is -0.909. The second kappa shape index (κ2) is 43.2. The van der Waals surface area contributed by atoms with E-state index in [2.05, 4.69) is 98.9 Å². The lowest BCUT2D eigenvalue weighted by Gasteiger charge is -2.24. The van der Waals surface area contributed by atoms with E-state index in [4.69, 9.17) is 18.5 Å². The Morgan fingerprint density at radius 1 is 0.516 bits per heavy atom. The van der Waals surface area contributed by atoms with Gasteiger partial charge in [0.05, 0.1) is 27.7 Å². The first-order valence-corrected chi connectivity index (χ1v) is 25.5. The summed E-state index contributed by atoms with van der Waals surface area (Å²) in [4.78, 5) is 35.4. The molecule has 9 nitrogen and oxygen atoms in total. The van der Waals surface area contributed by atoms with Crippen molar-refractivity contribution in [3.63, 3.8) is 0 Å². The Hall–Kier alpha value is -3.07. The summed E-state index contributed by atoms with van der Waals surface area (Å²) < 4.78 is 34.3. The Morgan fingerprint density at radius 3 is 1.44 bits per heavy atom. The van der Waals surface area contributed by atoms with E-state index in [9.17, 15) is 19.0 Å². The molecule has 0 amide bonds. The zero-order chi connectivity index (χ0) is 45.7. The van der Waals surface area contributed by atoms with Crippen LogP contribution in [-0.2, 0) is 32.7 Å². The van der Waals surface area contributed by atoms with E-state index >= 15 is 0 Å². The first-order chi connectivity index (χ1) is 30.0. The van der Waals surface area contributed by atoms with Gasteiger partial charge in [-0.15, -0.1) is 0 Å². The van der Waals surface area contributed by atoms with Gasteiger partial charge < -0.3 is 18.9 Å². The number of nitrogens with zero attached hydrogens (tertiary/aromatic N) is 1. The average molecular weight is 887 g/mol. The fraction of sp³-hybridized carbons (Fsp3) is 0.654. The molecule has 1 unspecified atom stereocenters. The monoisotopic (exact) mass is 887 g/mol.